The van der Waals surface area contributed by atoms with Crippen LogP contribution in [0.3, 0.4) is 0 Å². The molecule has 0 bridgehead atoms. The molecule has 0 N–H and O–H groups in total. The van der Waals surface area contributed by atoms with E-state index < -0.39 is 47.0 Å². The molecule has 2 heterocycles. The number of hydrogen-bond donors (Lipinski definition) is 0. The molecule has 2 aromatic heterocycles. The van der Waals surface area contributed by atoms with Crippen LogP contribution in [-0.4, -0.2) is 9.13 Å². The van der Waals surface area contributed by atoms with Gasteiger partial charge in [-0.15, -0.1) is 0 Å². The summed E-state index contributed by atoms with van der Waals surface area (Å²) in [6, 6.07) is 46.8. The second kappa shape index (κ2) is 20.3. The Morgan fingerprint density at radius 3 is 1.06 bits per heavy atom. The Morgan fingerprint density at radius 2 is 0.686 bits per heavy atom. The average molecular weight is 1170 g/mol. The van der Waals surface area contributed by atoms with Crippen molar-refractivity contribution in [3.63, 3.8) is 0 Å². The lowest BCUT2D eigenvalue weighted by Crippen LogP contribution is -2.08. The zero-order chi connectivity index (χ0) is 61.3. The molecule has 0 aliphatic carbocycles. The summed E-state index contributed by atoms with van der Waals surface area (Å²) in [7, 11) is 0. The number of rotatable bonds is 7. The van der Waals surface area contributed by atoms with Gasteiger partial charge in [0.05, 0.1) is 67.3 Å². The van der Waals surface area contributed by atoms with E-state index in [1.807, 2.05) is 50.2 Å². The number of halogens is 12. The summed E-state index contributed by atoms with van der Waals surface area (Å²) in [5, 5.41) is 13.2. The molecule has 3 nitrogen and oxygen atoms in total. The van der Waals surface area contributed by atoms with Gasteiger partial charge >= 0.3 is 24.7 Å². The fraction of sp³-hybridized carbons (Fsp3) is 0.141. The van der Waals surface area contributed by atoms with Gasteiger partial charge in [0.2, 0.25) is 0 Å². The van der Waals surface area contributed by atoms with Gasteiger partial charge in [0.25, 0.3) is 0 Å². The molecule has 0 saturated carbocycles. The lowest BCUT2D eigenvalue weighted by Gasteiger charge is -2.22. The van der Waals surface area contributed by atoms with Crippen molar-refractivity contribution in [1.82, 2.24) is 9.13 Å². The van der Waals surface area contributed by atoms with Crippen LogP contribution in [0.5, 0.6) is 0 Å². The van der Waals surface area contributed by atoms with E-state index in [2.05, 4.69) is 6.07 Å². The van der Waals surface area contributed by atoms with Crippen LogP contribution in [0, 0.1) is 52.9 Å². The topological polar surface area (TPSA) is 33.6 Å². The molecule has 12 aromatic rings. The Kier molecular flexibility index (Phi) is 13.4. The molecule has 0 aliphatic rings. The molecule has 0 atom stereocenters. The largest absolute Gasteiger partial charge is 0.417 e. The van der Waals surface area contributed by atoms with Crippen LogP contribution < -0.4 is 0 Å². The number of aryl methyl sites for hydroxylation is 6. The van der Waals surface area contributed by atoms with Gasteiger partial charge in [0.1, 0.15) is 0 Å². The second-order valence-corrected chi connectivity index (χ2v) is 22.1. The highest BCUT2D eigenvalue weighted by Crippen LogP contribution is 2.48. The van der Waals surface area contributed by atoms with Gasteiger partial charge in [0, 0.05) is 27.1 Å². The number of nitriles is 1. The maximum atomic E-state index is 15.2. The number of nitrogens with zero attached hydrogens (tertiary/aromatic N) is 3. The number of fused-ring (bicyclic) bond motifs is 6. The summed E-state index contributed by atoms with van der Waals surface area (Å²) in [6.07, 6.45) is -18.8. The predicted molar refractivity (Wildman–Crippen MR) is 315 cm³/mol. The minimum absolute atomic E-state index is 0.0550. The standard InChI is InChI=1S/C71H47F12N3/c1-37-7-15-52(40(4)23-37)44-9-19-63-58(32-44)59-35-47(55-16-8-38(2)26-60(55)71(81,82)83)12-22-64(59)86(63)66-30-43(36-84)29-65(67(66)48-24-39(3)25-51(31-48)70(78,79)80)85-61-20-10-45(53-17-13-49(27-41(53)5)68(72,73)74)33-56(61)57-34-46(11-21-62(57)85)54-18-14-50(28-42(54)6)69(75,76)77/h7-35H,1-6H3. The SMILES string of the molecule is Cc1cc(-c2c(-n3c4ccc(-c5ccc(C(F)(F)F)cc5C)cc4c4cc(-c5ccc(C(F)(F)F)cc5C)ccc43)cc(C#N)cc2-n2c3ccc(-c4ccc(C)cc4C)cc3c3cc(-c4ccc(C)cc4C(F)(F)F)ccc32)cc(C(F)(F)F)c1. The van der Waals surface area contributed by atoms with Crippen LogP contribution in [0.2, 0.25) is 0 Å². The summed E-state index contributed by atoms with van der Waals surface area (Å²) in [4.78, 5) is 0. The minimum Gasteiger partial charge on any atom is -0.308 e. The van der Waals surface area contributed by atoms with E-state index in [4.69, 9.17) is 0 Å². The third-order valence-electron chi connectivity index (χ3n) is 16.1. The van der Waals surface area contributed by atoms with Crippen molar-refractivity contribution in [1.29, 1.82) is 5.26 Å². The van der Waals surface area contributed by atoms with Crippen LogP contribution in [-0.2, 0) is 24.7 Å². The molecule has 0 unspecified atom stereocenters. The van der Waals surface area contributed by atoms with Crippen LogP contribution in [0.4, 0.5) is 52.7 Å². The molecule has 0 saturated heterocycles. The van der Waals surface area contributed by atoms with E-state index >= 15 is 13.2 Å². The number of aromatic nitrogens is 2. The van der Waals surface area contributed by atoms with E-state index in [1.165, 1.54) is 25.1 Å². The summed E-state index contributed by atoms with van der Waals surface area (Å²) in [5.74, 6) is 0. The van der Waals surface area contributed by atoms with Gasteiger partial charge in [-0.25, -0.2) is 0 Å². The Morgan fingerprint density at radius 1 is 0.314 bits per heavy atom. The fourth-order valence-electron chi connectivity index (χ4n) is 12.3. The Labute approximate surface area is 485 Å². The van der Waals surface area contributed by atoms with Gasteiger partial charge < -0.3 is 9.13 Å². The predicted octanol–water partition coefficient (Wildman–Crippen LogP) is 22.0. The Bertz CT molecular complexity index is 4720. The Balaban J connectivity index is 1.21. The van der Waals surface area contributed by atoms with Gasteiger partial charge in [-0.2, -0.15) is 57.9 Å². The van der Waals surface area contributed by atoms with Crippen molar-refractivity contribution in [2.75, 3.05) is 0 Å². The minimum atomic E-state index is -4.85. The highest BCUT2D eigenvalue weighted by molar-refractivity contribution is 6.14. The lowest BCUT2D eigenvalue weighted by molar-refractivity contribution is -0.138. The lowest BCUT2D eigenvalue weighted by atomic mass is 9.94. The molecular formula is C71H47F12N3. The first kappa shape index (κ1) is 56.9. The smallest absolute Gasteiger partial charge is 0.308 e. The van der Waals surface area contributed by atoms with Crippen molar-refractivity contribution in [3.8, 4) is 73.1 Å². The first-order chi connectivity index (χ1) is 40.5. The van der Waals surface area contributed by atoms with E-state index in [9.17, 15) is 44.8 Å². The maximum absolute atomic E-state index is 15.2. The van der Waals surface area contributed by atoms with Crippen molar-refractivity contribution < 1.29 is 52.7 Å². The summed E-state index contributed by atoms with van der Waals surface area (Å²) >= 11 is 0. The van der Waals surface area contributed by atoms with Crippen molar-refractivity contribution in [2.45, 2.75) is 66.2 Å². The molecule has 0 aliphatic heterocycles. The molecule has 0 radical (unpaired) electrons. The molecule has 0 amide bonds. The second-order valence-electron chi connectivity index (χ2n) is 22.1. The van der Waals surface area contributed by atoms with Gasteiger partial charge in [-0.3, -0.25) is 0 Å². The normalized spacial score (nSPS) is 12.5. The number of alkyl halides is 12. The van der Waals surface area contributed by atoms with E-state index in [0.29, 0.717) is 82.6 Å². The third kappa shape index (κ3) is 10.00. The summed E-state index contributed by atoms with van der Waals surface area (Å²) < 4.78 is 178. The molecule has 430 valence electrons. The Hall–Kier alpha value is -9.55. The van der Waals surface area contributed by atoms with Crippen LogP contribution >= 0.6 is 0 Å². The van der Waals surface area contributed by atoms with Gasteiger partial charge in [0.15, 0.2) is 0 Å². The van der Waals surface area contributed by atoms with Crippen LogP contribution in [0.1, 0.15) is 61.2 Å². The van der Waals surface area contributed by atoms with Crippen molar-refractivity contribution >= 4 is 43.6 Å². The third-order valence-corrected chi connectivity index (χ3v) is 16.1. The molecule has 15 heteroatoms. The van der Waals surface area contributed by atoms with Crippen molar-refractivity contribution in [3.05, 3.63) is 237 Å². The van der Waals surface area contributed by atoms with Crippen molar-refractivity contribution in [2.24, 2.45) is 0 Å². The molecule has 10 aromatic carbocycles. The monoisotopic (exact) mass is 1170 g/mol. The number of hydrogen-bond acceptors (Lipinski definition) is 1. The van der Waals surface area contributed by atoms with Crippen LogP contribution in [0.25, 0.3) is 111 Å². The molecule has 12 rings (SSSR count). The zero-order valence-corrected chi connectivity index (χ0v) is 46.6. The molecule has 86 heavy (non-hydrogen) atoms. The fourth-order valence-corrected chi connectivity index (χ4v) is 12.3. The first-order valence-electron chi connectivity index (χ1n) is 27.1. The van der Waals surface area contributed by atoms with E-state index in [0.717, 1.165) is 64.7 Å². The van der Waals surface area contributed by atoms with Gasteiger partial charge in [-0.05, 0) is 217 Å². The number of benzene rings is 10. The highest BCUT2D eigenvalue weighted by atomic mass is 19.4. The van der Waals surface area contributed by atoms with E-state index in [-0.39, 0.29) is 44.8 Å². The summed E-state index contributed by atoms with van der Waals surface area (Å²) in [5.41, 5.74) is 5.93. The van der Waals surface area contributed by atoms with Gasteiger partial charge in [-0.1, -0.05) is 83.9 Å². The molecular weight excluding hydrogens is 1120 g/mol. The van der Waals surface area contributed by atoms with Crippen LogP contribution in [0.15, 0.2) is 176 Å². The molecule has 0 fully saturated rings. The highest BCUT2D eigenvalue weighted by Gasteiger charge is 2.36. The quantitative estimate of drug-likeness (QED) is 0.146. The van der Waals surface area contributed by atoms with E-state index in [1.54, 1.807) is 109 Å². The zero-order valence-electron chi connectivity index (χ0n) is 46.6. The maximum Gasteiger partial charge on any atom is 0.417 e. The first-order valence-corrected chi connectivity index (χ1v) is 27.1. The average Bonchev–Trinajstić information content (AvgIpc) is 1.55. The molecule has 0 spiro atoms. The summed E-state index contributed by atoms with van der Waals surface area (Å²) in [6.45, 7) is 10.1.